The van der Waals surface area contributed by atoms with Crippen molar-refractivity contribution in [2.45, 2.75) is 25.3 Å². The van der Waals surface area contributed by atoms with E-state index in [1.807, 2.05) is 34.9 Å². The maximum atomic E-state index is 11.6. The summed E-state index contributed by atoms with van der Waals surface area (Å²) in [6, 6.07) is 9.53. The summed E-state index contributed by atoms with van der Waals surface area (Å²) in [6.45, 7) is 1.69. The number of hydrogen-bond donors (Lipinski definition) is 1. The summed E-state index contributed by atoms with van der Waals surface area (Å²) in [4.78, 5) is 13.9. The lowest BCUT2D eigenvalue weighted by Gasteiger charge is -2.36. The Morgan fingerprint density at radius 3 is 3.00 bits per heavy atom. The summed E-state index contributed by atoms with van der Waals surface area (Å²) in [6.07, 6.45) is 5.35. The molecule has 8 heteroatoms. The number of piperidine rings is 1. The molecule has 130 valence electrons. The summed E-state index contributed by atoms with van der Waals surface area (Å²) >= 11 is 0. The molecule has 0 saturated carbocycles. The third-order valence-corrected chi connectivity index (χ3v) is 4.68. The molecular formula is C17H21N7O. The van der Waals surface area contributed by atoms with E-state index < -0.39 is 0 Å². The van der Waals surface area contributed by atoms with E-state index in [-0.39, 0.29) is 5.56 Å². The second-order valence-electron chi connectivity index (χ2n) is 6.33. The normalized spacial score (nSPS) is 17.8. The molecule has 3 aromatic heterocycles. The highest BCUT2D eigenvalue weighted by molar-refractivity contribution is 5.45. The molecule has 8 nitrogen and oxygen atoms in total. The van der Waals surface area contributed by atoms with E-state index in [0.29, 0.717) is 6.04 Å². The van der Waals surface area contributed by atoms with Crippen LogP contribution in [0.1, 0.15) is 19.3 Å². The average molecular weight is 339 g/mol. The van der Waals surface area contributed by atoms with Crippen LogP contribution >= 0.6 is 0 Å². The van der Waals surface area contributed by atoms with Gasteiger partial charge in [-0.2, -0.15) is 5.10 Å². The molecule has 1 unspecified atom stereocenters. The van der Waals surface area contributed by atoms with Gasteiger partial charge in [-0.1, -0.05) is 6.07 Å². The molecule has 1 fully saturated rings. The van der Waals surface area contributed by atoms with Crippen LogP contribution in [-0.4, -0.2) is 43.5 Å². The van der Waals surface area contributed by atoms with Crippen molar-refractivity contribution in [2.24, 2.45) is 7.05 Å². The van der Waals surface area contributed by atoms with Crippen molar-refractivity contribution < 1.29 is 0 Å². The van der Waals surface area contributed by atoms with Crippen molar-refractivity contribution in [3.05, 3.63) is 46.9 Å². The monoisotopic (exact) mass is 339 g/mol. The molecule has 1 aliphatic rings. The van der Waals surface area contributed by atoms with Gasteiger partial charge in [0.1, 0.15) is 5.82 Å². The third-order valence-electron chi connectivity index (χ3n) is 4.68. The number of fused-ring (bicyclic) bond motifs is 1. The molecule has 4 rings (SSSR count). The van der Waals surface area contributed by atoms with Crippen LogP contribution in [0.3, 0.4) is 0 Å². The molecule has 0 spiro atoms. The van der Waals surface area contributed by atoms with Gasteiger partial charge in [-0.05, 0) is 37.5 Å². The summed E-state index contributed by atoms with van der Waals surface area (Å²) in [5.41, 5.74) is 0.732. The quantitative estimate of drug-likeness (QED) is 0.772. The molecule has 0 bridgehead atoms. The minimum Gasteiger partial charge on any atom is -0.352 e. The number of hydrogen-bond acceptors (Lipinski definition) is 6. The summed E-state index contributed by atoms with van der Waals surface area (Å²) in [5.74, 6) is 1.59. The molecule has 3 aromatic rings. The first-order valence-electron chi connectivity index (χ1n) is 8.57. The first kappa shape index (κ1) is 15.6. The van der Waals surface area contributed by atoms with Crippen molar-refractivity contribution in [3.63, 3.8) is 0 Å². The predicted molar refractivity (Wildman–Crippen MR) is 95.9 cm³/mol. The van der Waals surface area contributed by atoms with Crippen LogP contribution in [0.15, 0.2) is 41.3 Å². The van der Waals surface area contributed by atoms with Gasteiger partial charge in [-0.15, -0.1) is 10.2 Å². The summed E-state index contributed by atoms with van der Waals surface area (Å²) in [7, 11) is 1.69. The van der Waals surface area contributed by atoms with Gasteiger partial charge in [0, 0.05) is 38.4 Å². The molecule has 0 amide bonds. The number of nitrogens with zero attached hydrogens (tertiary/aromatic N) is 6. The zero-order chi connectivity index (χ0) is 17.2. The first-order chi connectivity index (χ1) is 12.2. The molecule has 0 aromatic carbocycles. The fourth-order valence-electron chi connectivity index (χ4n) is 3.33. The van der Waals surface area contributed by atoms with E-state index >= 15 is 0 Å². The highest BCUT2D eigenvalue weighted by Crippen LogP contribution is 2.22. The van der Waals surface area contributed by atoms with Crippen LogP contribution < -0.4 is 15.8 Å². The minimum atomic E-state index is -0.0923. The summed E-state index contributed by atoms with van der Waals surface area (Å²) in [5, 5.41) is 16.2. The number of anilines is 2. The lowest BCUT2D eigenvalue weighted by atomic mass is 10.0. The van der Waals surface area contributed by atoms with Crippen LogP contribution in [0.5, 0.6) is 0 Å². The van der Waals surface area contributed by atoms with Crippen molar-refractivity contribution in [1.82, 2.24) is 24.4 Å². The molecule has 4 heterocycles. The Balaban J connectivity index is 1.53. The van der Waals surface area contributed by atoms with Gasteiger partial charge < -0.3 is 10.2 Å². The van der Waals surface area contributed by atoms with Gasteiger partial charge in [-0.25, -0.2) is 4.68 Å². The van der Waals surface area contributed by atoms with Crippen LogP contribution in [0, 0.1) is 0 Å². The van der Waals surface area contributed by atoms with E-state index in [2.05, 4.69) is 25.5 Å². The van der Waals surface area contributed by atoms with Gasteiger partial charge in [0.25, 0.3) is 5.56 Å². The maximum Gasteiger partial charge on any atom is 0.266 e. The van der Waals surface area contributed by atoms with Gasteiger partial charge in [-0.3, -0.25) is 9.20 Å². The van der Waals surface area contributed by atoms with Crippen LogP contribution in [0.2, 0.25) is 0 Å². The maximum absolute atomic E-state index is 11.6. The zero-order valence-electron chi connectivity index (χ0n) is 14.2. The molecule has 0 aliphatic carbocycles. The van der Waals surface area contributed by atoms with E-state index in [1.54, 1.807) is 13.1 Å². The highest BCUT2D eigenvalue weighted by atomic mass is 16.1. The average Bonchev–Trinajstić information content (AvgIpc) is 3.06. The van der Waals surface area contributed by atoms with Crippen LogP contribution in [0.25, 0.3) is 5.65 Å². The third kappa shape index (κ3) is 3.07. The van der Waals surface area contributed by atoms with E-state index in [0.717, 1.165) is 43.3 Å². The molecule has 1 atom stereocenters. The molecule has 1 saturated heterocycles. The second-order valence-corrected chi connectivity index (χ2v) is 6.33. The van der Waals surface area contributed by atoms with E-state index in [9.17, 15) is 4.79 Å². The van der Waals surface area contributed by atoms with E-state index in [4.69, 9.17) is 0 Å². The van der Waals surface area contributed by atoms with Gasteiger partial charge in [0.05, 0.1) is 0 Å². The first-order valence-corrected chi connectivity index (χ1v) is 8.57. The SMILES string of the molecule is Cn1nc(N2CCCCC2CNc2nnc3ccccn23)ccc1=O. The highest BCUT2D eigenvalue weighted by Gasteiger charge is 2.24. The largest absolute Gasteiger partial charge is 0.352 e. The van der Waals surface area contributed by atoms with Crippen molar-refractivity contribution in [2.75, 3.05) is 23.3 Å². The number of pyridine rings is 1. The fourth-order valence-corrected chi connectivity index (χ4v) is 3.33. The smallest absolute Gasteiger partial charge is 0.266 e. The van der Waals surface area contributed by atoms with Gasteiger partial charge >= 0.3 is 0 Å². The number of rotatable bonds is 4. The minimum absolute atomic E-state index is 0.0923. The standard InChI is InChI=1S/C17H21N7O/c1-22-16(25)9-8-15(21-22)23-10-4-2-6-13(23)12-18-17-20-19-14-7-3-5-11-24(14)17/h3,5,7-9,11,13H,2,4,6,10,12H2,1H3,(H,18,20). The predicted octanol–water partition coefficient (Wildman–Crippen LogP) is 1.29. The van der Waals surface area contributed by atoms with Gasteiger partial charge in [0.2, 0.25) is 5.95 Å². The molecular weight excluding hydrogens is 318 g/mol. The topological polar surface area (TPSA) is 80.3 Å². The molecule has 1 N–H and O–H groups in total. The number of aryl methyl sites for hydroxylation is 1. The fraction of sp³-hybridized carbons (Fsp3) is 0.412. The number of aromatic nitrogens is 5. The Hall–Kier alpha value is -2.90. The molecule has 1 aliphatic heterocycles. The molecule has 0 radical (unpaired) electrons. The van der Waals surface area contributed by atoms with Crippen LogP contribution in [0.4, 0.5) is 11.8 Å². The second kappa shape index (κ2) is 6.54. The Morgan fingerprint density at radius 1 is 1.20 bits per heavy atom. The summed E-state index contributed by atoms with van der Waals surface area (Å²) < 4.78 is 3.33. The zero-order valence-corrected chi connectivity index (χ0v) is 14.2. The Bertz CT molecular complexity index is 932. The molecule has 25 heavy (non-hydrogen) atoms. The Kier molecular flexibility index (Phi) is 4.09. The number of nitrogens with one attached hydrogen (secondary N) is 1. The lowest BCUT2D eigenvalue weighted by Crippen LogP contribution is -2.45. The van der Waals surface area contributed by atoms with Crippen molar-refractivity contribution in [1.29, 1.82) is 0 Å². The van der Waals surface area contributed by atoms with Crippen molar-refractivity contribution >= 4 is 17.4 Å². The van der Waals surface area contributed by atoms with Gasteiger partial charge in [0.15, 0.2) is 5.65 Å². The Morgan fingerprint density at radius 2 is 2.12 bits per heavy atom. The van der Waals surface area contributed by atoms with Crippen LogP contribution in [-0.2, 0) is 7.05 Å². The lowest BCUT2D eigenvalue weighted by molar-refractivity contribution is 0.464. The Labute approximate surface area is 145 Å². The van der Waals surface area contributed by atoms with Crippen molar-refractivity contribution in [3.8, 4) is 0 Å². The van der Waals surface area contributed by atoms with E-state index in [1.165, 1.54) is 11.1 Å².